The lowest BCUT2D eigenvalue weighted by atomic mass is 10.2. The van der Waals surface area contributed by atoms with Crippen molar-refractivity contribution in [3.8, 4) is 0 Å². The number of carbonyl (C=O) groups is 2. The molecule has 0 radical (unpaired) electrons. The maximum atomic E-state index is 12.3. The number of aromatic nitrogens is 1. The zero-order valence-corrected chi connectivity index (χ0v) is 18.9. The molecule has 158 valence electrons. The fraction of sp³-hybridized carbons (Fsp3) is 0.550. The smallest absolute Gasteiger partial charge is 0.261 e. The minimum atomic E-state index is -0.281. The van der Waals surface area contributed by atoms with Crippen LogP contribution in [0.3, 0.4) is 0 Å². The van der Waals surface area contributed by atoms with Crippen LogP contribution in [0.25, 0.3) is 0 Å². The molecule has 1 aliphatic heterocycles. The third-order valence-corrected chi connectivity index (χ3v) is 6.84. The SMILES string of the molecule is CCc1sc(C(=O)NCC(=O)Nc2nc(CN3C[C@@H](C)O[C@H](C)C3)cs2)cc1C. The van der Waals surface area contributed by atoms with Gasteiger partial charge in [-0.05, 0) is 38.8 Å². The van der Waals surface area contributed by atoms with Gasteiger partial charge >= 0.3 is 0 Å². The number of hydrogen-bond acceptors (Lipinski definition) is 7. The van der Waals surface area contributed by atoms with Crippen molar-refractivity contribution in [3.05, 3.63) is 32.5 Å². The summed E-state index contributed by atoms with van der Waals surface area (Å²) < 4.78 is 5.75. The Balaban J connectivity index is 1.46. The minimum absolute atomic E-state index is 0.0787. The van der Waals surface area contributed by atoms with Crippen molar-refractivity contribution in [2.24, 2.45) is 0 Å². The molecule has 9 heteroatoms. The molecule has 7 nitrogen and oxygen atoms in total. The fourth-order valence-corrected chi connectivity index (χ4v) is 5.22. The largest absolute Gasteiger partial charge is 0.373 e. The Morgan fingerprint density at radius 1 is 1.31 bits per heavy atom. The number of nitrogens with one attached hydrogen (secondary N) is 2. The Morgan fingerprint density at radius 2 is 2.03 bits per heavy atom. The van der Waals surface area contributed by atoms with Gasteiger partial charge in [-0.2, -0.15) is 0 Å². The van der Waals surface area contributed by atoms with Gasteiger partial charge in [0.25, 0.3) is 5.91 Å². The van der Waals surface area contributed by atoms with Crippen LogP contribution in [0.5, 0.6) is 0 Å². The Bertz CT molecular complexity index is 854. The summed E-state index contributed by atoms with van der Waals surface area (Å²) >= 11 is 2.87. The second kappa shape index (κ2) is 9.80. The number of thiophene rings is 1. The van der Waals surface area contributed by atoms with Gasteiger partial charge in [-0.3, -0.25) is 14.5 Å². The molecule has 2 atom stereocenters. The van der Waals surface area contributed by atoms with E-state index >= 15 is 0 Å². The van der Waals surface area contributed by atoms with Crippen molar-refractivity contribution in [1.82, 2.24) is 15.2 Å². The quantitative estimate of drug-likeness (QED) is 0.697. The van der Waals surface area contributed by atoms with Crippen molar-refractivity contribution in [3.63, 3.8) is 0 Å². The number of carbonyl (C=O) groups excluding carboxylic acids is 2. The Morgan fingerprint density at radius 3 is 2.69 bits per heavy atom. The molecular weight excluding hydrogens is 408 g/mol. The molecule has 0 spiro atoms. The zero-order chi connectivity index (χ0) is 21.0. The summed E-state index contributed by atoms with van der Waals surface area (Å²) in [7, 11) is 0. The molecule has 2 amide bonds. The molecule has 3 rings (SSSR count). The molecule has 1 fully saturated rings. The average Bonchev–Trinajstić information content (AvgIpc) is 3.24. The number of thiazole rings is 1. The van der Waals surface area contributed by atoms with Crippen molar-refractivity contribution in [2.45, 2.75) is 52.9 Å². The lowest BCUT2D eigenvalue weighted by Crippen LogP contribution is -2.44. The van der Waals surface area contributed by atoms with Gasteiger partial charge in [-0.1, -0.05) is 6.92 Å². The molecule has 0 saturated carbocycles. The number of hydrogen-bond donors (Lipinski definition) is 2. The van der Waals surface area contributed by atoms with Crippen molar-refractivity contribution in [2.75, 3.05) is 25.0 Å². The summed E-state index contributed by atoms with van der Waals surface area (Å²) in [5.74, 6) is -0.500. The predicted octanol–water partition coefficient (Wildman–Crippen LogP) is 3.05. The van der Waals surface area contributed by atoms with Gasteiger partial charge in [-0.25, -0.2) is 4.98 Å². The Hall–Kier alpha value is -1.81. The highest BCUT2D eigenvalue weighted by atomic mass is 32.1. The molecule has 0 aromatic carbocycles. The lowest BCUT2D eigenvalue weighted by Gasteiger charge is -2.34. The van der Waals surface area contributed by atoms with Crippen LogP contribution in [0, 0.1) is 6.92 Å². The van der Waals surface area contributed by atoms with E-state index in [1.807, 2.05) is 18.4 Å². The van der Waals surface area contributed by atoms with Crippen molar-refractivity contribution >= 4 is 39.6 Å². The van der Waals surface area contributed by atoms with Crippen LogP contribution < -0.4 is 10.6 Å². The molecule has 0 unspecified atom stereocenters. The molecular formula is C20H28N4O3S2. The first-order valence-corrected chi connectivity index (χ1v) is 11.5. The number of aryl methyl sites for hydroxylation is 2. The number of morpholine rings is 1. The second-order valence-electron chi connectivity index (χ2n) is 7.40. The number of nitrogens with zero attached hydrogens (tertiary/aromatic N) is 2. The van der Waals surface area contributed by atoms with Gasteiger partial charge in [0.1, 0.15) is 0 Å². The normalized spacial score (nSPS) is 19.9. The van der Waals surface area contributed by atoms with E-state index in [1.165, 1.54) is 27.6 Å². The summed E-state index contributed by atoms with van der Waals surface area (Å²) in [5, 5.41) is 7.95. The van der Waals surface area contributed by atoms with Crippen molar-refractivity contribution in [1.29, 1.82) is 0 Å². The van der Waals surface area contributed by atoms with Crippen LogP contribution in [-0.4, -0.2) is 53.5 Å². The van der Waals surface area contributed by atoms with Crippen LogP contribution in [0.1, 0.15) is 46.6 Å². The summed E-state index contributed by atoms with van der Waals surface area (Å²) in [6, 6.07) is 1.87. The summed E-state index contributed by atoms with van der Waals surface area (Å²) in [5.41, 5.74) is 2.04. The summed E-state index contributed by atoms with van der Waals surface area (Å²) in [6.07, 6.45) is 1.32. The molecule has 3 heterocycles. The van der Waals surface area contributed by atoms with Crippen LogP contribution in [0.4, 0.5) is 5.13 Å². The van der Waals surface area contributed by atoms with E-state index in [2.05, 4.69) is 41.3 Å². The topological polar surface area (TPSA) is 83.6 Å². The predicted molar refractivity (Wildman–Crippen MR) is 117 cm³/mol. The van der Waals surface area contributed by atoms with Crippen LogP contribution in [0.15, 0.2) is 11.4 Å². The lowest BCUT2D eigenvalue weighted by molar-refractivity contribution is -0.115. The van der Waals surface area contributed by atoms with Gasteiger partial charge in [0.15, 0.2) is 5.13 Å². The molecule has 1 saturated heterocycles. The Labute approximate surface area is 179 Å². The third kappa shape index (κ3) is 6.08. The van der Waals surface area contributed by atoms with Crippen LogP contribution >= 0.6 is 22.7 Å². The molecule has 0 aliphatic carbocycles. The van der Waals surface area contributed by atoms with Gasteiger partial charge in [-0.15, -0.1) is 22.7 Å². The number of ether oxygens (including phenoxy) is 1. The number of anilines is 1. The first kappa shape index (κ1) is 21.9. The zero-order valence-electron chi connectivity index (χ0n) is 17.3. The molecule has 1 aliphatic rings. The molecule has 0 bridgehead atoms. The highest BCUT2D eigenvalue weighted by molar-refractivity contribution is 7.14. The Kier molecular flexibility index (Phi) is 7.39. The maximum absolute atomic E-state index is 12.3. The third-order valence-electron chi connectivity index (χ3n) is 4.65. The first-order valence-electron chi connectivity index (χ1n) is 9.83. The maximum Gasteiger partial charge on any atom is 0.261 e. The monoisotopic (exact) mass is 436 g/mol. The van der Waals surface area contributed by atoms with Gasteiger partial charge in [0.2, 0.25) is 5.91 Å². The second-order valence-corrected chi connectivity index (χ2v) is 9.39. The molecule has 29 heavy (non-hydrogen) atoms. The highest BCUT2D eigenvalue weighted by Crippen LogP contribution is 2.22. The van der Waals surface area contributed by atoms with Crippen LogP contribution in [-0.2, 0) is 22.5 Å². The standard InChI is InChI=1S/C20H28N4O3S2/c1-5-16-12(2)6-17(29-16)19(26)21-7-18(25)23-20-22-15(11-28-20)10-24-8-13(3)27-14(4)9-24/h6,11,13-14H,5,7-10H2,1-4H3,(H,21,26)(H,22,23,25)/t13-,14-/m1/s1. The fourth-order valence-electron chi connectivity index (χ4n) is 3.47. The molecule has 2 aromatic rings. The average molecular weight is 437 g/mol. The van der Waals surface area contributed by atoms with E-state index in [-0.39, 0.29) is 30.6 Å². The van der Waals surface area contributed by atoms with E-state index < -0.39 is 0 Å². The summed E-state index contributed by atoms with van der Waals surface area (Å²) in [4.78, 5) is 33.1. The van der Waals surface area contributed by atoms with E-state index in [0.717, 1.165) is 37.3 Å². The summed E-state index contributed by atoms with van der Waals surface area (Å²) in [6.45, 7) is 10.6. The van der Waals surface area contributed by atoms with E-state index in [1.54, 1.807) is 0 Å². The number of rotatable bonds is 7. The van der Waals surface area contributed by atoms with E-state index in [4.69, 9.17) is 4.74 Å². The van der Waals surface area contributed by atoms with Crippen molar-refractivity contribution < 1.29 is 14.3 Å². The number of amides is 2. The first-order chi connectivity index (χ1) is 13.8. The molecule has 2 N–H and O–H groups in total. The molecule has 2 aromatic heterocycles. The van der Waals surface area contributed by atoms with E-state index in [0.29, 0.717) is 10.0 Å². The van der Waals surface area contributed by atoms with Crippen LogP contribution in [0.2, 0.25) is 0 Å². The van der Waals surface area contributed by atoms with Gasteiger partial charge in [0.05, 0.1) is 29.3 Å². The van der Waals surface area contributed by atoms with Gasteiger partial charge < -0.3 is 15.4 Å². The van der Waals surface area contributed by atoms with E-state index in [9.17, 15) is 9.59 Å². The highest BCUT2D eigenvalue weighted by Gasteiger charge is 2.23. The van der Waals surface area contributed by atoms with Gasteiger partial charge in [0, 0.05) is 29.9 Å². The minimum Gasteiger partial charge on any atom is -0.373 e.